The summed E-state index contributed by atoms with van der Waals surface area (Å²) in [6.07, 6.45) is 0. The molecule has 2 rings (SSSR count). The van der Waals surface area contributed by atoms with E-state index in [-0.39, 0.29) is 0 Å². The van der Waals surface area contributed by atoms with Gasteiger partial charge in [-0.25, -0.2) is 0 Å². The lowest BCUT2D eigenvalue weighted by atomic mass is 10.1. The zero-order valence-corrected chi connectivity index (χ0v) is 12.2. The highest BCUT2D eigenvalue weighted by atomic mass is 16.5. The third kappa shape index (κ3) is 4.42. The molecule has 21 heavy (non-hydrogen) atoms. The average Bonchev–Trinajstić information content (AvgIpc) is 2.52. The number of para-hydroxylation sites is 1. The number of hydrogen-bond donors (Lipinski definition) is 2. The number of ether oxygens (including phenoxy) is 2. The fourth-order valence-corrected chi connectivity index (χ4v) is 2.43. The van der Waals surface area contributed by atoms with Gasteiger partial charge in [0, 0.05) is 31.7 Å². The fourth-order valence-electron chi connectivity index (χ4n) is 2.43. The largest absolute Gasteiger partial charge is 0.496 e. The molecule has 1 aromatic rings. The van der Waals surface area contributed by atoms with E-state index < -0.39 is 12.0 Å². The summed E-state index contributed by atoms with van der Waals surface area (Å²) in [7, 11) is 1.55. The summed E-state index contributed by atoms with van der Waals surface area (Å²) in [4.78, 5) is 13.8. The average molecular weight is 294 g/mol. The Morgan fingerprint density at radius 2 is 2.14 bits per heavy atom. The number of carbonyl (C=O) groups is 1. The maximum atomic E-state index is 11.5. The van der Waals surface area contributed by atoms with Crippen LogP contribution in [0.15, 0.2) is 24.3 Å². The van der Waals surface area contributed by atoms with Gasteiger partial charge in [-0.15, -0.1) is 0 Å². The SMILES string of the molecule is COc1ccccc1C(NCCN1CCOCC1)C(=O)O. The van der Waals surface area contributed by atoms with Crippen molar-refractivity contribution in [2.24, 2.45) is 0 Å². The minimum atomic E-state index is -0.901. The molecule has 2 N–H and O–H groups in total. The standard InChI is InChI=1S/C15H22N2O4/c1-20-13-5-3-2-4-12(13)14(15(18)19)16-6-7-17-8-10-21-11-9-17/h2-5,14,16H,6-11H2,1H3,(H,18,19). The minimum Gasteiger partial charge on any atom is -0.496 e. The van der Waals surface area contributed by atoms with Gasteiger partial charge in [0.25, 0.3) is 0 Å². The van der Waals surface area contributed by atoms with Crippen LogP contribution in [-0.2, 0) is 9.53 Å². The number of nitrogens with one attached hydrogen (secondary N) is 1. The van der Waals surface area contributed by atoms with Crippen molar-refractivity contribution in [3.63, 3.8) is 0 Å². The summed E-state index contributed by atoms with van der Waals surface area (Å²) in [6.45, 7) is 4.70. The normalized spacial score (nSPS) is 17.4. The number of benzene rings is 1. The molecule has 1 fully saturated rings. The first kappa shape index (κ1) is 15.8. The maximum Gasteiger partial charge on any atom is 0.325 e. The highest BCUT2D eigenvalue weighted by Gasteiger charge is 2.22. The van der Waals surface area contributed by atoms with Crippen LogP contribution < -0.4 is 10.1 Å². The van der Waals surface area contributed by atoms with E-state index in [4.69, 9.17) is 9.47 Å². The van der Waals surface area contributed by atoms with Crippen LogP contribution >= 0.6 is 0 Å². The van der Waals surface area contributed by atoms with Crippen molar-refractivity contribution in [1.82, 2.24) is 10.2 Å². The fraction of sp³-hybridized carbons (Fsp3) is 0.533. The summed E-state index contributed by atoms with van der Waals surface area (Å²) in [6, 6.07) is 6.43. The van der Waals surface area contributed by atoms with Gasteiger partial charge in [0.15, 0.2) is 0 Å². The first-order chi connectivity index (χ1) is 10.2. The lowest BCUT2D eigenvalue weighted by Crippen LogP contribution is -2.41. The van der Waals surface area contributed by atoms with Crippen molar-refractivity contribution >= 4 is 5.97 Å². The van der Waals surface area contributed by atoms with Crippen molar-refractivity contribution in [3.05, 3.63) is 29.8 Å². The molecular weight excluding hydrogens is 272 g/mol. The van der Waals surface area contributed by atoms with Gasteiger partial charge in [0.05, 0.1) is 20.3 Å². The molecule has 1 saturated heterocycles. The number of hydrogen-bond acceptors (Lipinski definition) is 5. The number of carboxylic acid groups (broad SMARTS) is 1. The van der Waals surface area contributed by atoms with E-state index in [9.17, 15) is 9.90 Å². The van der Waals surface area contributed by atoms with Gasteiger partial charge >= 0.3 is 5.97 Å². The van der Waals surface area contributed by atoms with Gasteiger partial charge < -0.3 is 14.6 Å². The molecule has 1 aliphatic heterocycles. The van der Waals surface area contributed by atoms with Crippen molar-refractivity contribution in [3.8, 4) is 5.75 Å². The Hall–Kier alpha value is -1.63. The second kappa shape index (κ2) is 7.97. The van der Waals surface area contributed by atoms with Gasteiger partial charge in [-0.05, 0) is 6.07 Å². The van der Waals surface area contributed by atoms with Crippen molar-refractivity contribution in [2.45, 2.75) is 6.04 Å². The topological polar surface area (TPSA) is 71.0 Å². The Labute approximate surface area is 124 Å². The number of morpholine rings is 1. The highest BCUT2D eigenvalue weighted by Crippen LogP contribution is 2.24. The molecule has 0 aliphatic carbocycles. The molecule has 1 aliphatic rings. The predicted molar refractivity (Wildman–Crippen MR) is 78.6 cm³/mol. The second-order valence-electron chi connectivity index (χ2n) is 4.92. The third-order valence-corrected chi connectivity index (χ3v) is 3.58. The molecule has 116 valence electrons. The second-order valence-corrected chi connectivity index (χ2v) is 4.92. The van der Waals surface area contributed by atoms with Crippen LogP contribution in [0.1, 0.15) is 11.6 Å². The van der Waals surface area contributed by atoms with E-state index in [1.54, 1.807) is 19.2 Å². The Morgan fingerprint density at radius 3 is 2.81 bits per heavy atom. The molecule has 1 heterocycles. The summed E-state index contributed by atoms with van der Waals surface area (Å²) in [5.74, 6) is -0.315. The first-order valence-electron chi connectivity index (χ1n) is 7.11. The van der Waals surface area contributed by atoms with Crippen LogP contribution in [0.3, 0.4) is 0 Å². The molecule has 6 nitrogen and oxygen atoms in total. The molecule has 0 spiro atoms. The maximum absolute atomic E-state index is 11.5. The highest BCUT2D eigenvalue weighted by molar-refractivity contribution is 5.76. The zero-order chi connectivity index (χ0) is 15.1. The number of aliphatic carboxylic acids is 1. The van der Waals surface area contributed by atoms with Crippen LogP contribution in [0.5, 0.6) is 5.75 Å². The first-order valence-corrected chi connectivity index (χ1v) is 7.11. The monoisotopic (exact) mass is 294 g/mol. The van der Waals surface area contributed by atoms with E-state index in [0.29, 0.717) is 17.9 Å². The lowest BCUT2D eigenvalue weighted by Gasteiger charge is -2.27. The predicted octanol–water partition coefficient (Wildman–Crippen LogP) is 0.743. The minimum absolute atomic E-state index is 0.587. The van der Waals surface area contributed by atoms with Crippen LogP contribution in [0.2, 0.25) is 0 Å². The molecule has 6 heteroatoms. The van der Waals surface area contributed by atoms with Gasteiger partial charge in [-0.1, -0.05) is 18.2 Å². The summed E-state index contributed by atoms with van der Waals surface area (Å²) in [5.41, 5.74) is 0.648. The van der Waals surface area contributed by atoms with E-state index in [1.807, 2.05) is 12.1 Å². The van der Waals surface area contributed by atoms with E-state index in [0.717, 1.165) is 32.8 Å². The molecule has 0 saturated carbocycles. The molecular formula is C15H22N2O4. The van der Waals surface area contributed by atoms with Crippen LogP contribution in [0, 0.1) is 0 Å². The molecule has 1 aromatic carbocycles. The quantitative estimate of drug-likeness (QED) is 0.773. The zero-order valence-electron chi connectivity index (χ0n) is 12.2. The molecule has 1 atom stereocenters. The number of nitrogens with zero attached hydrogens (tertiary/aromatic N) is 1. The summed E-state index contributed by atoms with van der Waals surface area (Å²) < 4.78 is 10.5. The van der Waals surface area contributed by atoms with E-state index in [2.05, 4.69) is 10.2 Å². The Kier molecular flexibility index (Phi) is 5.98. The Morgan fingerprint density at radius 1 is 1.43 bits per heavy atom. The third-order valence-electron chi connectivity index (χ3n) is 3.58. The number of carboxylic acids is 1. The Bertz CT molecular complexity index is 461. The number of methoxy groups -OCH3 is 1. The summed E-state index contributed by atoms with van der Waals surface area (Å²) >= 11 is 0. The van der Waals surface area contributed by atoms with Gasteiger partial charge in [-0.2, -0.15) is 0 Å². The van der Waals surface area contributed by atoms with Crippen molar-refractivity contribution in [2.75, 3.05) is 46.5 Å². The molecule has 0 amide bonds. The van der Waals surface area contributed by atoms with Crippen LogP contribution in [0.25, 0.3) is 0 Å². The molecule has 0 aromatic heterocycles. The van der Waals surface area contributed by atoms with Gasteiger partial charge in [0.2, 0.25) is 0 Å². The van der Waals surface area contributed by atoms with Crippen LogP contribution in [-0.4, -0.2) is 62.5 Å². The van der Waals surface area contributed by atoms with Gasteiger partial charge in [-0.3, -0.25) is 15.0 Å². The van der Waals surface area contributed by atoms with Crippen molar-refractivity contribution < 1.29 is 19.4 Å². The van der Waals surface area contributed by atoms with E-state index >= 15 is 0 Å². The smallest absolute Gasteiger partial charge is 0.325 e. The lowest BCUT2D eigenvalue weighted by molar-refractivity contribution is -0.139. The molecule has 0 radical (unpaired) electrons. The Balaban J connectivity index is 1.94. The van der Waals surface area contributed by atoms with Crippen LogP contribution in [0.4, 0.5) is 0 Å². The number of rotatable bonds is 7. The van der Waals surface area contributed by atoms with Crippen molar-refractivity contribution in [1.29, 1.82) is 0 Å². The van der Waals surface area contributed by atoms with Gasteiger partial charge in [0.1, 0.15) is 11.8 Å². The summed E-state index contributed by atoms with van der Waals surface area (Å²) in [5, 5.41) is 12.5. The molecule has 0 bridgehead atoms. The van der Waals surface area contributed by atoms with E-state index in [1.165, 1.54) is 0 Å². The molecule has 1 unspecified atom stereocenters.